The fourth-order valence-electron chi connectivity index (χ4n) is 3.95. The average molecular weight is 484 g/mol. The van der Waals surface area contributed by atoms with Crippen LogP contribution in [0.25, 0.3) is 0 Å². The number of aromatic amines is 1. The zero-order valence-electron chi connectivity index (χ0n) is 20.6. The molecule has 0 bridgehead atoms. The highest BCUT2D eigenvalue weighted by Gasteiger charge is 2.28. The van der Waals surface area contributed by atoms with Crippen molar-refractivity contribution >= 4 is 35.6 Å². The van der Waals surface area contributed by atoms with E-state index in [0.29, 0.717) is 11.4 Å². The predicted molar refractivity (Wildman–Crippen MR) is 143 cm³/mol. The minimum atomic E-state index is -0.471. The fraction of sp³-hybridized carbons (Fsp3) is 0.480. The van der Waals surface area contributed by atoms with Crippen molar-refractivity contribution in [3.05, 3.63) is 52.8 Å². The van der Waals surface area contributed by atoms with Crippen LogP contribution in [0.4, 0.5) is 17.5 Å². The summed E-state index contributed by atoms with van der Waals surface area (Å²) in [7, 11) is 1.99. The molecule has 0 spiro atoms. The molecule has 1 aliphatic rings. The van der Waals surface area contributed by atoms with Crippen molar-refractivity contribution in [1.29, 1.82) is 0 Å². The van der Waals surface area contributed by atoms with E-state index in [1.165, 1.54) is 0 Å². The van der Waals surface area contributed by atoms with Crippen molar-refractivity contribution in [2.24, 2.45) is 5.73 Å². The Morgan fingerprint density at radius 3 is 2.68 bits per heavy atom. The molecule has 0 fully saturated rings. The number of amides is 1. The summed E-state index contributed by atoms with van der Waals surface area (Å²) in [6, 6.07) is 9.63. The summed E-state index contributed by atoms with van der Waals surface area (Å²) in [5.41, 5.74) is 9.23. The standard InChI is InChI=1S/C25H37N7OS/c1-18-14-17-32(30-18)21-13-12-19(23(26)33)24(29-21)31(4)25(2,3)15-7-5-6-8-16-27-20-10-9-11-22(34)28-20/h9-14,17-18,30H,5-8,15-16H2,1-4H3,(H2,26,33)(H2,27,28,34). The van der Waals surface area contributed by atoms with Crippen molar-refractivity contribution in [2.45, 2.75) is 64.5 Å². The van der Waals surface area contributed by atoms with Gasteiger partial charge in [-0.15, -0.1) is 0 Å². The van der Waals surface area contributed by atoms with Crippen LogP contribution in [0.15, 0.2) is 42.6 Å². The number of nitrogens with zero attached hydrogens (tertiary/aromatic N) is 3. The number of hydrazine groups is 1. The minimum absolute atomic E-state index is 0.186. The Hall–Kier alpha value is -2.91. The molecule has 1 atom stereocenters. The fourth-order valence-corrected chi connectivity index (χ4v) is 4.14. The second kappa shape index (κ2) is 11.5. The Bertz CT molecular complexity index is 1070. The summed E-state index contributed by atoms with van der Waals surface area (Å²) >= 11 is 5.15. The summed E-state index contributed by atoms with van der Waals surface area (Å²) in [5.74, 6) is 1.83. The van der Waals surface area contributed by atoms with Crippen LogP contribution in [-0.2, 0) is 0 Å². The first-order valence-electron chi connectivity index (χ1n) is 11.9. The zero-order chi connectivity index (χ0) is 24.7. The lowest BCUT2D eigenvalue weighted by molar-refractivity contribution is 0.100. The zero-order valence-corrected chi connectivity index (χ0v) is 21.4. The number of nitrogens with one attached hydrogen (secondary N) is 3. The van der Waals surface area contributed by atoms with E-state index in [9.17, 15) is 4.79 Å². The predicted octanol–water partition coefficient (Wildman–Crippen LogP) is 4.74. The van der Waals surface area contributed by atoms with E-state index in [1.54, 1.807) is 6.07 Å². The Kier molecular flexibility index (Phi) is 8.68. The van der Waals surface area contributed by atoms with E-state index in [-0.39, 0.29) is 11.6 Å². The Morgan fingerprint density at radius 1 is 1.24 bits per heavy atom. The third-order valence-corrected chi connectivity index (χ3v) is 6.50. The van der Waals surface area contributed by atoms with Gasteiger partial charge in [-0.25, -0.2) is 10.4 Å². The minimum Gasteiger partial charge on any atom is -0.372 e. The van der Waals surface area contributed by atoms with Crippen LogP contribution in [-0.4, -0.2) is 41.0 Å². The molecule has 1 aliphatic heterocycles. The number of anilines is 3. The molecule has 0 aromatic carbocycles. The number of unbranched alkanes of at least 4 members (excludes halogenated alkanes) is 3. The molecule has 0 saturated heterocycles. The van der Waals surface area contributed by atoms with Gasteiger partial charge in [-0.1, -0.05) is 37.5 Å². The number of pyridine rings is 2. The van der Waals surface area contributed by atoms with Gasteiger partial charge in [-0.3, -0.25) is 9.80 Å². The molecule has 0 radical (unpaired) electrons. The molecular formula is C25H37N7OS. The van der Waals surface area contributed by atoms with Gasteiger partial charge in [-0.05, 0) is 64.0 Å². The summed E-state index contributed by atoms with van der Waals surface area (Å²) in [6.45, 7) is 7.34. The third-order valence-electron chi connectivity index (χ3n) is 6.26. The number of hydrogen-bond acceptors (Lipinski definition) is 7. The van der Waals surface area contributed by atoms with Crippen LogP contribution in [0.5, 0.6) is 0 Å². The number of carbonyl (C=O) groups excluding carboxylic acids is 1. The summed E-state index contributed by atoms with van der Waals surface area (Å²) in [6.07, 6.45) is 9.45. The maximum absolute atomic E-state index is 12.1. The monoisotopic (exact) mass is 483 g/mol. The molecule has 3 rings (SSSR count). The molecule has 1 unspecified atom stereocenters. The van der Waals surface area contributed by atoms with Gasteiger partial charge < -0.3 is 20.9 Å². The van der Waals surface area contributed by atoms with E-state index in [0.717, 1.165) is 54.9 Å². The van der Waals surface area contributed by atoms with Gasteiger partial charge in [0.1, 0.15) is 22.1 Å². The lowest BCUT2D eigenvalue weighted by Gasteiger charge is -2.38. The van der Waals surface area contributed by atoms with E-state index in [4.69, 9.17) is 22.9 Å². The normalized spacial score (nSPS) is 15.5. The Balaban J connectivity index is 1.53. The molecule has 9 heteroatoms. The van der Waals surface area contributed by atoms with Crippen molar-refractivity contribution in [3.63, 3.8) is 0 Å². The third kappa shape index (κ3) is 6.80. The molecule has 3 heterocycles. The molecule has 2 aromatic heterocycles. The van der Waals surface area contributed by atoms with Crippen LogP contribution in [0.1, 0.15) is 63.2 Å². The molecular weight excluding hydrogens is 446 g/mol. The first-order valence-corrected chi connectivity index (χ1v) is 12.3. The van der Waals surface area contributed by atoms with Crippen molar-refractivity contribution in [3.8, 4) is 0 Å². The lowest BCUT2D eigenvalue weighted by atomic mass is 9.94. The van der Waals surface area contributed by atoms with E-state index >= 15 is 0 Å². The Morgan fingerprint density at radius 2 is 2.00 bits per heavy atom. The molecule has 184 valence electrons. The van der Waals surface area contributed by atoms with Crippen LogP contribution >= 0.6 is 12.2 Å². The number of primary amides is 1. The summed E-state index contributed by atoms with van der Waals surface area (Å²) < 4.78 is 0.735. The number of hydrogen-bond donors (Lipinski definition) is 4. The largest absolute Gasteiger partial charge is 0.372 e. The molecule has 34 heavy (non-hydrogen) atoms. The average Bonchev–Trinajstić information content (AvgIpc) is 3.23. The van der Waals surface area contributed by atoms with Gasteiger partial charge in [0.2, 0.25) is 0 Å². The summed E-state index contributed by atoms with van der Waals surface area (Å²) in [4.78, 5) is 22.1. The number of aromatic nitrogens is 2. The van der Waals surface area contributed by atoms with E-state index in [1.807, 2.05) is 42.5 Å². The lowest BCUT2D eigenvalue weighted by Crippen LogP contribution is -2.43. The number of H-pyrrole nitrogens is 1. The van der Waals surface area contributed by atoms with E-state index < -0.39 is 5.91 Å². The van der Waals surface area contributed by atoms with Gasteiger partial charge in [-0.2, -0.15) is 0 Å². The van der Waals surface area contributed by atoms with Gasteiger partial charge in [0, 0.05) is 31.4 Å². The SMILES string of the molecule is CC1C=CN(c2ccc(C(N)=O)c(N(C)C(C)(C)CCCCCCNc3cccc(=S)[nH]3)n2)N1. The highest BCUT2D eigenvalue weighted by atomic mass is 32.1. The van der Waals surface area contributed by atoms with Crippen LogP contribution in [0.3, 0.4) is 0 Å². The first-order chi connectivity index (χ1) is 16.2. The molecule has 5 N–H and O–H groups in total. The van der Waals surface area contributed by atoms with Crippen LogP contribution in [0.2, 0.25) is 0 Å². The highest BCUT2D eigenvalue weighted by Crippen LogP contribution is 2.30. The van der Waals surface area contributed by atoms with Crippen molar-refractivity contribution in [1.82, 2.24) is 15.4 Å². The molecule has 1 amide bonds. The van der Waals surface area contributed by atoms with Gasteiger partial charge in [0.15, 0.2) is 0 Å². The van der Waals surface area contributed by atoms with E-state index in [2.05, 4.69) is 47.5 Å². The van der Waals surface area contributed by atoms with Gasteiger partial charge >= 0.3 is 0 Å². The van der Waals surface area contributed by atoms with Crippen LogP contribution < -0.4 is 26.4 Å². The molecule has 2 aromatic rings. The number of rotatable bonds is 12. The first kappa shape index (κ1) is 25.7. The molecule has 0 saturated carbocycles. The van der Waals surface area contributed by atoms with Gasteiger partial charge in [0.05, 0.1) is 5.56 Å². The second-order valence-electron chi connectivity index (χ2n) is 9.43. The van der Waals surface area contributed by atoms with Crippen molar-refractivity contribution < 1.29 is 4.79 Å². The molecule has 8 nitrogen and oxygen atoms in total. The summed E-state index contributed by atoms with van der Waals surface area (Å²) in [5, 5.41) is 5.26. The quantitative estimate of drug-likeness (QED) is 0.255. The number of carbonyl (C=O) groups is 1. The number of nitrogens with two attached hydrogens (primary N) is 1. The highest BCUT2D eigenvalue weighted by molar-refractivity contribution is 7.71. The Labute approximate surface area is 207 Å². The van der Waals surface area contributed by atoms with Crippen molar-refractivity contribution in [2.75, 3.05) is 28.8 Å². The molecule has 0 aliphatic carbocycles. The maximum atomic E-state index is 12.1. The topological polar surface area (TPSA) is 102 Å². The smallest absolute Gasteiger partial charge is 0.252 e. The maximum Gasteiger partial charge on any atom is 0.252 e. The van der Waals surface area contributed by atoms with Crippen LogP contribution in [0, 0.1) is 4.64 Å². The van der Waals surface area contributed by atoms with Gasteiger partial charge in [0.25, 0.3) is 5.91 Å². The second-order valence-corrected chi connectivity index (χ2v) is 9.87.